The number of nitrogens with zero attached hydrogens (tertiary/aromatic N) is 3. The molecule has 0 saturated heterocycles. The Morgan fingerprint density at radius 3 is 2.65 bits per heavy atom. The number of aromatic nitrogens is 2. The lowest BCUT2D eigenvalue weighted by atomic mass is 10.1. The van der Waals surface area contributed by atoms with E-state index < -0.39 is 11.7 Å². The molecule has 1 aromatic heterocycles. The summed E-state index contributed by atoms with van der Waals surface area (Å²) in [7, 11) is 0. The maximum absolute atomic E-state index is 12.6. The molecule has 0 aliphatic heterocycles. The summed E-state index contributed by atoms with van der Waals surface area (Å²) in [6.07, 6.45) is -1.73. The van der Waals surface area contributed by atoms with Gasteiger partial charge in [0, 0.05) is 6.20 Å². The second-order valence-corrected chi connectivity index (χ2v) is 4.57. The van der Waals surface area contributed by atoms with Crippen LogP contribution in [0.2, 0.25) is 0 Å². The van der Waals surface area contributed by atoms with Crippen molar-refractivity contribution >= 4 is 27.4 Å². The van der Waals surface area contributed by atoms with Crippen molar-refractivity contribution < 1.29 is 13.2 Å². The molecule has 102 valence electrons. The largest absolute Gasteiger partial charge is 0.416 e. The van der Waals surface area contributed by atoms with Gasteiger partial charge >= 0.3 is 6.18 Å². The van der Waals surface area contributed by atoms with Crippen molar-refractivity contribution in [1.82, 2.24) is 9.97 Å². The van der Waals surface area contributed by atoms with Crippen LogP contribution in [0, 0.1) is 11.3 Å². The smallest absolute Gasteiger partial charge is 0.338 e. The topological polar surface area (TPSA) is 61.6 Å². The highest BCUT2D eigenvalue weighted by atomic mass is 79.9. The molecule has 1 heterocycles. The normalized spacial score (nSPS) is 10.9. The van der Waals surface area contributed by atoms with Gasteiger partial charge in [-0.05, 0) is 34.1 Å². The Morgan fingerprint density at radius 1 is 1.30 bits per heavy atom. The van der Waals surface area contributed by atoms with E-state index in [0.717, 1.165) is 12.1 Å². The molecule has 20 heavy (non-hydrogen) atoms. The Morgan fingerprint density at radius 2 is 2.05 bits per heavy atom. The van der Waals surface area contributed by atoms with Crippen LogP contribution in [0.3, 0.4) is 0 Å². The van der Waals surface area contributed by atoms with Gasteiger partial charge in [0.2, 0.25) is 0 Å². The van der Waals surface area contributed by atoms with Gasteiger partial charge in [-0.25, -0.2) is 9.97 Å². The van der Waals surface area contributed by atoms with Crippen LogP contribution in [0.4, 0.5) is 24.7 Å². The molecule has 0 aliphatic carbocycles. The third kappa shape index (κ3) is 3.05. The van der Waals surface area contributed by atoms with Crippen LogP contribution in [0.1, 0.15) is 11.1 Å². The number of halogens is 4. The molecule has 0 aliphatic rings. The molecular weight excluding hydrogens is 337 g/mol. The summed E-state index contributed by atoms with van der Waals surface area (Å²) >= 11 is 3.20. The predicted molar refractivity (Wildman–Crippen MR) is 69.2 cm³/mol. The minimum atomic E-state index is -4.49. The molecule has 2 aromatic rings. The lowest BCUT2D eigenvalue weighted by Crippen LogP contribution is -2.06. The molecular formula is C12H6BrF3N4. The van der Waals surface area contributed by atoms with E-state index in [2.05, 4.69) is 31.2 Å². The van der Waals surface area contributed by atoms with Gasteiger partial charge in [-0.3, -0.25) is 0 Å². The first-order chi connectivity index (χ1) is 9.41. The van der Waals surface area contributed by atoms with E-state index >= 15 is 0 Å². The van der Waals surface area contributed by atoms with Gasteiger partial charge in [0.25, 0.3) is 0 Å². The minimum absolute atomic E-state index is 0.120. The summed E-state index contributed by atoms with van der Waals surface area (Å²) in [5.74, 6) is 0.358. The fraction of sp³-hybridized carbons (Fsp3) is 0.0833. The molecule has 8 heteroatoms. The number of anilines is 2. The Bertz CT molecular complexity index is 679. The maximum Gasteiger partial charge on any atom is 0.416 e. The predicted octanol–water partition coefficient (Wildman–Crippen LogP) is 3.87. The Hall–Kier alpha value is -2.14. The zero-order chi connectivity index (χ0) is 14.8. The average Bonchev–Trinajstić information content (AvgIpc) is 2.40. The van der Waals surface area contributed by atoms with E-state index in [1.54, 1.807) is 6.07 Å². The highest BCUT2D eigenvalue weighted by molar-refractivity contribution is 9.10. The molecule has 0 spiro atoms. The molecule has 0 amide bonds. The van der Waals surface area contributed by atoms with Gasteiger partial charge in [-0.1, -0.05) is 0 Å². The van der Waals surface area contributed by atoms with Crippen molar-refractivity contribution in [3.05, 3.63) is 46.3 Å². The SMILES string of the molecule is N#Cc1cc(C(F)(F)F)ccc1Nc1ncncc1Br. The average molecular weight is 343 g/mol. The number of benzene rings is 1. The Labute approximate surface area is 120 Å². The molecule has 0 bridgehead atoms. The fourth-order valence-corrected chi connectivity index (χ4v) is 1.77. The van der Waals surface area contributed by atoms with Gasteiger partial charge < -0.3 is 5.32 Å². The Kier molecular flexibility index (Phi) is 3.90. The summed E-state index contributed by atoms with van der Waals surface area (Å²) in [6, 6.07) is 4.61. The van der Waals surface area contributed by atoms with Crippen LogP contribution < -0.4 is 5.32 Å². The van der Waals surface area contributed by atoms with Gasteiger partial charge in [-0.2, -0.15) is 18.4 Å². The van der Waals surface area contributed by atoms with Crippen LogP contribution in [-0.4, -0.2) is 9.97 Å². The quantitative estimate of drug-likeness (QED) is 0.899. The van der Waals surface area contributed by atoms with Crippen LogP contribution in [0.15, 0.2) is 35.2 Å². The second-order valence-electron chi connectivity index (χ2n) is 3.71. The minimum Gasteiger partial charge on any atom is -0.338 e. The van der Waals surface area contributed by atoms with Crippen LogP contribution in [0.5, 0.6) is 0 Å². The van der Waals surface area contributed by atoms with Crippen molar-refractivity contribution in [3.8, 4) is 6.07 Å². The number of nitriles is 1. The fourth-order valence-electron chi connectivity index (χ4n) is 1.45. The third-order valence-electron chi connectivity index (χ3n) is 2.39. The monoisotopic (exact) mass is 342 g/mol. The van der Waals surface area contributed by atoms with Crippen molar-refractivity contribution in [2.75, 3.05) is 5.32 Å². The zero-order valence-corrected chi connectivity index (χ0v) is 11.3. The number of nitrogens with one attached hydrogen (secondary N) is 1. The molecule has 0 unspecified atom stereocenters. The van der Waals surface area contributed by atoms with E-state index in [0.29, 0.717) is 10.3 Å². The number of hydrogen-bond donors (Lipinski definition) is 1. The second kappa shape index (κ2) is 5.46. The van der Waals surface area contributed by atoms with Crippen molar-refractivity contribution in [2.45, 2.75) is 6.18 Å². The molecule has 0 fully saturated rings. The van der Waals surface area contributed by atoms with Crippen LogP contribution >= 0.6 is 15.9 Å². The lowest BCUT2D eigenvalue weighted by Gasteiger charge is -2.11. The summed E-state index contributed by atoms with van der Waals surface area (Å²) in [4.78, 5) is 7.68. The standard InChI is InChI=1S/C12H6BrF3N4/c13-9-5-18-6-19-11(9)20-10-2-1-8(12(14,15)16)3-7(10)4-17/h1-3,5-6H,(H,18,19,20). The van der Waals surface area contributed by atoms with Crippen LogP contribution in [0.25, 0.3) is 0 Å². The highest BCUT2D eigenvalue weighted by Crippen LogP contribution is 2.32. The van der Waals surface area contributed by atoms with E-state index in [-0.39, 0.29) is 11.3 Å². The van der Waals surface area contributed by atoms with Gasteiger partial charge in [-0.15, -0.1) is 0 Å². The number of hydrogen-bond acceptors (Lipinski definition) is 4. The molecule has 1 aromatic carbocycles. The lowest BCUT2D eigenvalue weighted by molar-refractivity contribution is -0.137. The molecule has 0 atom stereocenters. The third-order valence-corrected chi connectivity index (χ3v) is 2.97. The molecule has 1 N–H and O–H groups in total. The van der Waals surface area contributed by atoms with Crippen molar-refractivity contribution in [3.63, 3.8) is 0 Å². The molecule has 0 saturated carbocycles. The molecule has 0 radical (unpaired) electrons. The number of rotatable bonds is 2. The zero-order valence-electron chi connectivity index (χ0n) is 9.74. The summed E-state index contributed by atoms with van der Waals surface area (Å²) in [5.41, 5.74) is -0.758. The van der Waals surface area contributed by atoms with E-state index in [4.69, 9.17) is 5.26 Å². The van der Waals surface area contributed by atoms with Gasteiger partial charge in [0.15, 0.2) is 0 Å². The summed E-state index contributed by atoms with van der Waals surface area (Å²) in [6.45, 7) is 0. The summed E-state index contributed by atoms with van der Waals surface area (Å²) < 4.78 is 38.2. The molecule has 4 nitrogen and oxygen atoms in total. The van der Waals surface area contributed by atoms with E-state index in [9.17, 15) is 13.2 Å². The first-order valence-electron chi connectivity index (χ1n) is 5.25. The first kappa shape index (κ1) is 14.3. The van der Waals surface area contributed by atoms with E-state index in [1.165, 1.54) is 18.6 Å². The first-order valence-corrected chi connectivity index (χ1v) is 6.05. The molecule has 2 rings (SSSR count). The van der Waals surface area contributed by atoms with Gasteiger partial charge in [0.05, 0.1) is 21.3 Å². The summed E-state index contributed by atoms with van der Waals surface area (Å²) in [5, 5.41) is 11.7. The number of alkyl halides is 3. The van der Waals surface area contributed by atoms with E-state index in [1.807, 2.05) is 0 Å². The highest BCUT2D eigenvalue weighted by Gasteiger charge is 2.31. The maximum atomic E-state index is 12.6. The van der Waals surface area contributed by atoms with Crippen LogP contribution in [-0.2, 0) is 6.18 Å². The van der Waals surface area contributed by atoms with Crippen molar-refractivity contribution in [2.24, 2.45) is 0 Å². The Balaban J connectivity index is 2.39. The van der Waals surface area contributed by atoms with Crippen molar-refractivity contribution in [1.29, 1.82) is 5.26 Å². The van der Waals surface area contributed by atoms with Gasteiger partial charge in [0.1, 0.15) is 18.2 Å².